The third kappa shape index (κ3) is 5.75. The first kappa shape index (κ1) is 23.3. The van der Waals surface area contributed by atoms with Gasteiger partial charge in [-0.3, -0.25) is 4.79 Å². The average Bonchev–Trinajstić information content (AvgIpc) is 2.69. The molecule has 0 saturated heterocycles. The summed E-state index contributed by atoms with van der Waals surface area (Å²) in [5.74, 6) is -0.403. The first-order valence-corrected chi connectivity index (χ1v) is 10.5. The Hall–Kier alpha value is -2.01. The molecule has 4 heteroatoms. The van der Waals surface area contributed by atoms with Crippen LogP contribution in [0.2, 0.25) is 0 Å². The van der Waals surface area contributed by atoms with Gasteiger partial charge in [0.05, 0.1) is 5.56 Å². The van der Waals surface area contributed by atoms with Gasteiger partial charge in [0.25, 0.3) is 0 Å². The summed E-state index contributed by atoms with van der Waals surface area (Å²) in [6.45, 7) is 10.0. The lowest BCUT2D eigenvalue weighted by Crippen LogP contribution is -3.09. The molecule has 0 spiro atoms. The zero-order valence-corrected chi connectivity index (χ0v) is 18.4. The quantitative estimate of drug-likeness (QED) is 0.495. The maximum Gasteiger partial charge on any atom is 0.226 e. The van der Waals surface area contributed by atoms with Crippen molar-refractivity contribution < 1.29 is 15.0 Å². The summed E-state index contributed by atoms with van der Waals surface area (Å²) in [5.41, 5.74) is 3.15. The van der Waals surface area contributed by atoms with Gasteiger partial charge in [0.2, 0.25) is 5.78 Å². The zero-order valence-electron chi connectivity index (χ0n) is 18.4. The molecule has 2 N–H and O–H groups in total. The second-order valence-electron chi connectivity index (χ2n) is 8.52. The topological polar surface area (TPSA) is 64.8 Å². The third-order valence-corrected chi connectivity index (χ3v) is 5.70. The van der Waals surface area contributed by atoms with Gasteiger partial charge in [-0.15, -0.1) is 0 Å². The van der Waals surface area contributed by atoms with Crippen molar-refractivity contribution in [3.8, 4) is 0 Å². The molecule has 0 saturated carbocycles. The van der Waals surface area contributed by atoms with Crippen molar-refractivity contribution in [1.29, 1.82) is 0 Å². The molecule has 0 amide bonds. The zero-order chi connectivity index (χ0) is 21.6. The van der Waals surface area contributed by atoms with E-state index in [9.17, 15) is 15.1 Å². The largest absolute Gasteiger partial charge is 0.628 e. The second kappa shape index (κ2) is 10.1. The maximum atomic E-state index is 12.8. The molecule has 2 rings (SSSR count). The number of quaternary nitrogens is 1. The standard InChI is InChI=1S/C25H35NO3/c1-18(2)10-8-11-19(3)12-9-13-20(4)16-17-25(28)22-14-6-7-15-23(22)26(29)21(5)24(25)27/h6-7,10,12,14-16,21,26,28H,8-9,11,13,17H2,1-5H3. The van der Waals surface area contributed by atoms with Crippen LogP contribution in [0, 0.1) is 5.21 Å². The maximum absolute atomic E-state index is 12.8. The number of ketones is 1. The van der Waals surface area contributed by atoms with Gasteiger partial charge >= 0.3 is 0 Å². The molecule has 1 aromatic carbocycles. The number of carbonyl (C=O) groups excluding carboxylic acids is 1. The number of carbonyl (C=O) groups is 1. The molecule has 0 fully saturated rings. The highest BCUT2D eigenvalue weighted by atomic mass is 16.5. The molecule has 4 nitrogen and oxygen atoms in total. The molecule has 0 radical (unpaired) electrons. The summed E-state index contributed by atoms with van der Waals surface area (Å²) >= 11 is 0. The number of hydrogen-bond acceptors (Lipinski definition) is 3. The van der Waals surface area contributed by atoms with E-state index < -0.39 is 17.4 Å². The summed E-state index contributed by atoms with van der Waals surface area (Å²) in [4.78, 5) is 12.8. The fourth-order valence-corrected chi connectivity index (χ4v) is 3.77. The van der Waals surface area contributed by atoms with E-state index in [1.54, 1.807) is 31.2 Å². The highest BCUT2D eigenvalue weighted by molar-refractivity contribution is 5.94. The smallest absolute Gasteiger partial charge is 0.226 e. The van der Waals surface area contributed by atoms with E-state index in [1.165, 1.54) is 11.1 Å². The fourth-order valence-electron chi connectivity index (χ4n) is 3.77. The molecule has 1 aliphatic heterocycles. The summed E-state index contributed by atoms with van der Waals surface area (Å²) in [6.07, 6.45) is 10.7. The molecule has 0 bridgehead atoms. The minimum absolute atomic E-state index is 0.204. The van der Waals surface area contributed by atoms with Crippen LogP contribution < -0.4 is 5.06 Å². The van der Waals surface area contributed by atoms with Crippen molar-refractivity contribution in [2.75, 3.05) is 0 Å². The number of hydrogen-bond donors (Lipinski definition) is 2. The SMILES string of the molecule is CC(C)=CCCC(C)=CCCC(C)=CCC1(O)C(=O)C(C)[NH+]([O-])c2ccccc21. The molecular formula is C25H35NO3. The lowest BCUT2D eigenvalue weighted by molar-refractivity contribution is -0.796. The van der Waals surface area contributed by atoms with E-state index in [0.717, 1.165) is 31.3 Å². The van der Waals surface area contributed by atoms with Gasteiger partial charge in [0.1, 0.15) is 5.69 Å². The van der Waals surface area contributed by atoms with Gasteiger partial charge < -0.3 is 15.4 Å². The van der Waals surface area contributed by atoms with E-state index >= 15 is 0 Å². The Kier molecular flexibility index (Phi) is 8.14. The van der Waals surface area contributed by atoms with E-state index in [0.29, 0.717) is 11.3 Å². The minimum atomic E-state index is -1.62. The van der Waals surface area contributed by atoms with Crippen LogP contribution >= 0.6 is 0 Å². The molecule has 1 aromatic rings. The predicted octanol–water partition coefficient (Wildman–Crippen LogP) is 4.67. The van der Waals surface area contributed by atoms with Crippen LogP contribution in [0.25, 0.3) is 0 Å². The van der Waals surface area contributed by atoms with Crippen LogP contribution in [0.15, 0.2) is 59.2 Å². The second-order valence-corrected chi connectivity index (χ2v) is 8.52. The van der Waals surface area contributed by atoms with Crippen molar-refractivity contribution in [3.05, 3.63) is 70.0 Å². The van der Waals surface area contributed by atoms with Gasteiger partial charge in [-0.2, -0.15) is 0 Å². The van der Waals surface area contributed by atoms with Crippen LogP contribution in [-0.2, 0) is 10.4 Å². The van der Waals surface area contributed by atoms with Crippen LogP contribution in [0.3, 0.4) is 0 Å². The van der Waals surface area contributed by atoms with E-state index in [1.807, 2.05) is 13.0 Å². The van der Waals surface area contributed by atoms with Crippen LogP contribution in [0.1, 0.15) is 72.3 Å². The Bertz CT molecular complexity index is 817. The molecule has 3 atom stereocenters. The number of para-hydroxylation sites is 1. The highest BCUT2D eigenvalue weighted by Crippen LogP contribution is 2.35. The summed E-state index contributed by atoms with van der Waals surface area (Å²) in [5, 5.41) is 23.4. The molecule has 0 aromatic heterocycles. The van der Waals surface area contributed by atoms with Crippen LogP contribution in [0.5, 0.6) is 0 Å². The Morgan fingerprint density at radius 3 is 2.31 bits per heavy atom. The van der Waals surface area contributed by atoms with Gasteiger partial charge in [0.15, 0.2) is 11.6 Å². The van der Waals surface area contributed by atoms with Crippen molar-refractivity contribution in [1.82, 2.24) is 0 Å². The monoisotopic (exact) mass is 397 g/mol. The first-order chi connectivity index (χ1) is 13.7. The number of allylic oxidation sites excluding steroid dienone is 5. The van der Waals surface area contributed by atoms with Crippen LogP contribution in [-0.4, -0.2) is 16.9 Å². The minimum Gasteiger partial charge on any atom is -0.628 e. The van der Waals surface area contributed by atoms with Crippen molar-refractivity contribution >= 4 is 11.5 Å². The average molecular weight is 398 g/mol. The van der Waals surface area contributed by atoms with Crippen molar-refractivity contribution in [2.45, 2.75) is 78.4 Å². The Morgan fingerprint density at radius 2 is 1.66 bits per heavy atom. The van der Waals surface area contributed by atoms with E-state index in [4.69, 9.17) is 0 Å². The molecule has 3 unspecified atom stereocenters. The molecule has 1 heterocycles. The number of benzene rings is 1. The van der Waals surface area contributed by atoms with E-state index in [-0.39, 0.29) is 11.5 Å². The predicted molar refractivity (Wildman–Crippen MR) is 119 cm³/mol. The molecule has 1 aliphatic rings. The Labute approximate surface area is 175 Å². The number of rotatable bonds is 8. The van der Waals surface area contributed by atoms with Gasteiger partial charge in [0, 0.05) is 6.42 Å². The molecule has 0 aliphatic carbocycles. The Morgan fingerprint density at radius 1 is 1.07 bits per heavy atom. The number of nitrogens with one attached hydrogen (secondary N) is 1. The van der Waals surface area contributed by atoms with Crippen molar-refractivity contribution in [3.63, 3.8) is 0 Å². The number of fused-ring (bicyclic) bond motifs is 1. The normalized spacial score (nSPS) is 25.0. The Balaban J connectivity index is 2.03. The number of Topliss-reactive ketones (excluding diaryl/α,β-unsaturated/α-hetero) is 1. The molecule has 158 valence electrons. The van der Waals surface area contributed by atoms with Crippen molar-refractivity contribution in [2.24, 2.45) is 0 Å². The number of aliphatic hydroxyl groups is 1. The lowest BCUT2D eigenvalue weighted by Gasteiger charge is -2.41. The molecular weight excluding hydrogens is 362 g/mol. The summed E-state index contributed by atoms with van der Waals surface area (Å²) < 4.78 is 0. The van der Waals surface area contributed by atoms with Crippen LogP contribution in [0.4, 0.5) is 5.69 Å². The third-order valence-electron chi connectivity index (χ3n) is 5.70. The summed E-state index contributed by atoms with van der Waals surface area (Å²) in [6, 6.07) is 6.12. The summed E-state index contributed by atoms with van der Waals surface area (Å²) in [7, 11) is 0. The molecule has 29 heavy (non-hydrogen) atoms. The highest BCUT2D eigenvalue weighted by Gasteiger charge is 2.49. The van der Waals surface area contributed by atoms with E-state index in [2.05, 4.69) is 32.9 Å². The van der Waals surface area contributed by atoms with Gasteiger partial charge in [-0.1, -0.05) is 47.1 Å². The lowest BCUT2D eigenvalue weighted by atomic mass is 9.79. The first-order valence-electron chi connectivity index (χ1n) is 10.5. The van der Waals surface area contributed by atoms with Gasteiger partial charge in [-0.05, 0) is 72.4 Å². The number of hydroxylamine groups is 1. The fraction of sp³-hybridized carbons (Fsp3) is 0.480. The van der Waals surface area contributed by atoms with Gasteiger partial charge in [-0.25, -0.2) is 0 Å².